The first-order valence-electron chi connectivity index (χ1n) is 19.2. The minimum atomic E-state index is 1.12. The Labute approximate surface area is 327 Å². The third-order valence-corrected chi connectivity index (χ3v) is 10.8. The van der Waals surface area contributed by atoms with Crippen molar-refractivity contribution in [1.29, 1.82) is 0 Å². The van der Waals surface area contributed by atoms with E-state index in [9.17, 15) is 0 Å². The molecule has 0 spiro atoms. The molecular formula is C54H38N2. The lowest BCUT2D eigenvalue weighted by Gasteiger charge is -2.26. The smallest absolute Gasteiger partial charge is 0.0468 e. The Hall–Kier alpha value is -7.42. The van der Waals surface area contributed by atoms with Crippen LogP contribution >= 0.6 is 0 Å². The van der Waals surface area contributed by atoms with E-state index in [1.165, 1.54) is 54.6 Å². The van der Waals surface area contributed by atoms with E-state index in [1.807, 2.05) is 0 Å². The minimum Gasteiger partial charge on any atom is -0.310 e. The molecule has 0 N–H and O–H groups in total. The maximum absolute atomic E-state index is 2.35. The highest BCUT2D eigenvalue weighted by Gasteiger charge is 2.17. The molecule has 0 aliphatic rings. The van der Waals surface area contributed by atoms with Crippen LogP contribution in [-0.2, 0) is 0 Å². The third kappa shape index (κ3) is 6.24. The summed E-state index contributed by atoms with van der Waals surface area (Å²) >= 11 is 0. The molecule has 0 bridgehead atoms. The predicted octanol–water partition coefficient (Wildman–Crippen LogP) is 15.4. The Morgan fingerprint density at radius 2 is 0.536 bits per heavy atom. The minimum absolute atomic E-state index is 1.12. The maximum Gasteiger partial charge on any atom is 0.0468 e. The van der Waals surface area contributed by atoms with Gasteiger partial charge in [-0.1, -0.05) is 158 Å². The SMILES string of the molecule is c1ccc(-c2ccc(N(c3ccccc3)c3ccc4c(ccc5c6cc(N(c7ccccc7)c7ccc(-c8ccccc8)cc7)ccc6ccc45)c3)cc2)cc1. The van der Waals surface area contributed by atoms with Crippen molar-refractivity contribution in [2.24, 2.45) is 0 Å². The number of anilines is 6. The molecule has 56 heavy (non-hydrogen) atoms. The van der Waals surface area contributed by atoms with Crippen molar-refractivity contribution in [3.05, 3.63) is 231 Å². The van der Waals surface area contributed by atoms with Crippen molar-refractivity contribution in [3.63, 3.8) is 0 Å². The van der Waals surface area contributed by atoms with Crippen LogP contribution in [0.1, 0.15) is 0 Å². The van der Waals surface area contributed by atoms with Crippen LogP contribution in [0.25, 0.3) is 54.6 Å². The Balaban J connectivity index is 1.05. The van der Waals surface area contributed by atoms with Crippen molar-refractivity contribution >= 4 is 66.4 Å². The molecule has 0 atom stereocenters. The van der Waals surface area contributed by atoms with Gasteiger partial charge in [-0.05, 0) is 127 Å². The largest absolute Gasteiger partial charge is 0.310 e. The van der Waals surface area contributed by atoms with E-state index in [-0.39, 0.29) is 0 Å². The first-order valence-corrected chi connectivity index (χ1v) is 19.2. The zero-order chi connectivity index (χ0) is 37.3. The average molecular weight is 715 g/mol. The molecule has 0 aliphatic heterocycles. The second kappa shape index (κ2) is 14.4. The van der Waals surface area contributed by atoms with E-state index in [4.69, 9.17) is 0 Å². The summed E-state index contributed by atoms with van der Waals surface area (Å²) in [5, 5.41) is 7.39. The molecular weight excluding hydrogens is 677 g/mol. The summed E-state index contributed by atoms with van der Waals surface area (Å²) in [4.78, 5) is 4.70. The van der Waals surface area contributed by atoms with Crippen molar-refractivity contribution in [1.82, 2.24) is 0 Å². The standard InChI is InChI=1S/C54H38N2/c1-5-13-39(14-6-1)41-21-28-47(29-22-41)55(45-17-9-3-10-18-45)49-33-36-51-44(37-49)27-35-53-52(51)34-26-43-25-32-50(38-54(43)53)56(46-19-11-4-12-20-46)48-30-23-42(24-31-48)40-15-7-2-8-16-40/h1-38H. The van der Waals surface area contributed by atoms with Gasteiger partial charge in [-0.2, -0.15) is 0 Å². The van der Waals surface area contributed by atoms with Crippen LogP contribution in [0.4, 0.5) is 34.1 Å². The van der Waals surface area contributed by atoms with Gasteiger partial charge in [-0.25, -0.2) is 0 Å². The third-order valence-electron chi connectivity index (χ3n) is 10.8. The molecule has 10 aromatic rings. The summed E-state index contributed by atoms with van der Waals surface area (Å²) in [5.41, 5.74) is 11.6. The second-order valence-corrected chi connectivity index (χ2v) is 14.2. The van der Waals surface area contributed by atoms with Crippen LogP contribution in [0.2, 0.25) is 0 Å². The number of rotatable bonds is 8. The van der Waals surface area contributed by atoms with Crippen LogP contribution in [0, 0.1) is 0 Å². The van der Waals surface area contributed by atoms with Gasteiger partial charge in [0.15, 0.2) is 0 Å². The number of hydrogen-bond acceptors (Lipinski definition) is 2. The summed E-state index contributed by atoms with van der Waals surface area (Å²) < 4.78 is 0. The molecule has 0 fully saturated rings. The molecule has 0 saturated carbocycles. The number of hydrogen-bond donors (Lipinski definition) is 0. The molecule has 0 saturated heterocycles. The lowest BCUT2D eigenvalue weighted by atomic mass is 9.96. The molecule has 2 heteroatoms. The van der Waals surface area contributed by atoms with Crippen molar-refractivity contribution in [2.45, 2.75) is 0 Å². The fraction of sp³-hybridized carbons (Fsp3) is 0. The topological polar surface area (TPSA) is 6.48 Å². The fourth-order valence-corrected chi connectivity index (χ4v) is 8.05. The fourth-order valence-electron chi connectivity index (χ4n) is 8.05. The van der Waals surface area contributed by atoms with Gasteiger partial charge in [0.05, 0.1) is 0 Å². The summed E-state index contributed by atoms with van der Waals surface area (Å²) in [6, 6.07) is 83.0. The molecule has 10 aromatic carbocycles. The summed E-state index contributed by atoms with van der Waals surface area (Å²) in [5.74, 6) is 0. The molecule has 0 radical (unpaired) electrons. The van der Waals surface area contributed by atoms with Gasteiger partial charge >= 0.3 is 0 Å². The van der Waals surface area contributed by atoms with E-state index >= 15 is 0 Å². The van der Waals surface area contributed by atoms with E-state index < -0.39 is 0 Å². The van der Waals surface area contributed by atoms with E-state index in [0.29, 0.717) is 0 Å². The Morgan fingerprint density at radius 3 is 1.05 bits per heavy atom. The van der Waals surface area contributed by atoms with E-state index in [2.05, 4.69) is 240 Å². The van der Waals surface area contributed by atoms with Crippen LogP contribution in [-0.4, -0.2) is 0 Å². The lowest BCUT2D eigenvalue weighted by molar-refractivity contribution is 1.29. The number of fused-ring (bicyclic) bond motifs is 5. The van der Waals surface area contributed by atoms with E-state index in [1.54, 1.807) is 0 Å². The number of para-hydroxylation sites is 2. The van der Waals surface area contributed by atoms with Gasteiger partial charge < -0.3 is 9.80 Å². The van der Waals surface area contributed by atoms with Gasteiger partial charge in [-0.3, -0.25) is 0 Å². The Bertz CT molecular complexity index is 2920. The lowest BCUT2D eigenvalue weighted by Crippen LogP contribution is -2.09. The Morgan fingerprint density at radius 1 is 0.196 bits per heavy atom. The van der Waals surface area contributed by atoms with Crippen LogP contribution in [0.5, 0.6) is 0 Å². The monoisotopic (exact) mass is 714 g/mol. The zero-order valence-electron chi connectivity index (χ0n) is 30.8. The molecule has 264 valence electrons. The first kappa shape index (κ1) is 33.2. The molecule has 0 heterocycles. The van der Waals surface area contributed by atoms with Gasteiger partial charge in [0.2, 0.25) is 0 Å². The summed E-state index contributed by atoms with van der Waals surface area (Å²) in [6.07, 6.45) is 0. The summed E-state index contributed by atoms with van der Waals surface area (Å²) in [6.45, 7) is 0. The normalized spacial score (nSPS) is 11.2. The highest BCUT2D eigenvalue weighted by Crippen LogP contribution is 2.41. The Kier molecular flexibility index (Phi) is 8.55. The summed E-state index contributed by atoms with van der Waals surface area (Å²) in [7, 11) is 0. The van der Waals surface area contributed by atoms with Crippen LogP contribution in [0.3, 0.4) is 0 Å². The zero-order valence-corrected chi connectivity index (χ0v) is 30.8. The van der Waals surface area contributed by atoms with Crippen LogP contribution in [0.15, 0.2) is 231 Å². The van der Waals surface area contributed by atoms with Crippen molar-refractivity contribution < 1.29 is 0 Å². The maximum atomic E-state index is 2.35. The quantitative estimate of drug-likeness (QED) is 0.145. The van der Waals surface area contributed by atoms with Crippen LogP contribution < -0.4 is 9.80 Å². The van der Waals surface area contributed by atoms with Crippen molar-refractivity contribution in [3.8, 4) is 22.3 Å². The highest BCUT2D eigenvalue weighted by molar-refractivity contribution is 6.18. The average Bonchev–Trinajstić information content (AvgIpc) is 3.28. The number of benzene rings is 10. The molecule has 0 aromatic heterocycles. The van der Waals surface area contributed by atoms with Gasteiger partial charge in [-0.15, -0.1) is 0 Å². The molecule has 0 unspecified atom stereocenters. The van der Waals surface area contributed by atoms with Gasteiger partial charge in [0, 0.05) is 34.1 Å². The molecule has 10 rings (SSSR count). The predicted molar refractivity (Wildman–Crippen MR) is 239 cm³/mol. The van der Waals surface area contributed by atoms with E-state index in [0.717, 1.165) is 34.1 Å². The van der Waals surface area contributed by atoms with Gasteiger partial charge in [0.1, 0.15) is 0 Å². The highest BCUT2D eigenvalue weighted by atomic mass is 15.1. The van der Waals surface area contributed by atoms with Gasteiger partial charge in [0.25, 0.3) is 0 Å². The molecule has 0 aliphatic carbocycles. The van der Waals surface area contributed by atoms with Crippen molar-refractivity contribution in [2.75, 3.05) is 9.80 Å². The molecule has 0 amide bonds. The number of nitrogens with zero attached hydrogens (tertiary/aromatic N) is 2. The first-order chi connectivity index (χ1) is 27.8. The second-order valence-electron chi connectivity index (χ2n) is 14.2. The molecule has 2 nitrogen and oxygen atoms in total.